The fourth-order valence-electron chi connectivity index (χ4n) is 4.86. The smallest absolute Gasteiger partial charge is 0.324 e. The van der Waals surface area contributed by atoms with Crippen molar-refractivity contribution in [1.82, 2.24) is 5.06 Å². The number of phenols is 1. The molecule has 1 aliphatic heterocycles. The van der Waals surface area contributed by atoms with E-state index in [1.807, 2.05) is 12.0 Å². The van der Waals surface area contributed by atoms with Crippen LogP contribution in [0.1, 0.15) is 118 Å². The van der Waals surface area contributed by atoms with Gasteiger partial charge in [0.2, 0.25) is 0 Å². The zero-order chi connectivity index (χ0) is 23.3. The molecule has 0 spiro atoms. The second-order valence-electron chi connectivity index (χ2n) is 12.1. The summed E-state index contributed by atoms with van der Waals surface area (Å²) in [7, 11) is 0. The van der Waals surface area contributed by atoms with Gasteiger partial charge in [-0.15, -0.1) is 5.06 Å². The maximum atomic E-state index is 12.2. The Morgan fingerprint density at radius 2 is 1.53 bits per heavy atom. The van der Waals surface area contributed by atoms with Crippen molar-refractivity contribution in [2.75, 3.05) is 0 Å². The SMILES string of the molecule is CCC(=O)ON1C(C)(C)CCC(c2cc(C(C)(C)C)c(O)c(C(C)(C)C)c2)C1(C)C. The van der Waals surface area contributed by atoms with E-state index in [9.17, 15) is 9.90 Å². The minimum absolute atomic E-state index is 0.174. The van der Waals surface area contributed by atoms with E-state index in [1.54, 1.807) is 0 Å². The lowest BCUT2D eigenvalue weighted by Crippen LogP contribution is -2.61. The molecule has 1 aromatic rings. The topological polar surface area (TPSA) is 49.8 Å². The molecule has 0 radical (unpaired) electrons. The van der Waals surface area contributed by atoms with Crippen LogP contribution >= 0.6 is 0 Å². The Bertz CT molecular complexity index is 758. The van der Waals surface area contributed by atoms with Crippen LogP contribution in [0.2, 0.25) is 0 Å². The number of carbonyl (C=O) groups is 1. The molecule has 1 aliphatic rings. The summed E-state index contributed by atoms with van der Waals surface area (Å²) >= 11 is 0. The van der Waals surface area contributed by atoms with Crippen LogP contribution in [0.4, 0.5) is 0 Å². The van der Waals surface area contributed by atoms with Gasteiger partial charge in [0, 0.05) is 12.3 Å². The maximum Gasteiger partial charge on any atom is 0.324 e. The van der Waals surface area contributed by atoms with Crippen LogP contribution in [0.25, 0.3) is 0 Å². The summed E-state index contributed by atoms with van der Waals surface area (Å²) in [6.07, 6.45) is 2.28. The highest BCUT2D eigenvalue weighted by molar-refractivity contribution is 5.68. The number of aromatic hydroxyl groups is 1. The summed E-state index contributed by atoms with van der Waals surface area (Å²) in [5, 5.41) is 13.1. The average Bonchev–Trinajstić information content (AvgIpc) is 2.56. The number of carbonyl (C=O) groups excluding carboxylic acids is 1. The van der Waals surface area contributed by atoms with Crippen molar-refractivity contribution in [2.45, 2.75) is 123 Å². The van der Waals surface area contributed by atoms with E-state index in [2.05, 4.69) is 81.4 Å². The van der Waals surface area contributed by atoms with Gasteiger partial charge in [-0.05, 0) is 68.1 Å². The first-order chi connectivity index (χ1) is 13.4. The predicted octanol–water partition coefficient (Wildman–Crippen LogP) is 6.59. The van der Waals surface area contributed by atoms with Crippen molar-refractivity contribution in [3.8, 4) is 5.75 Å². The van der Waals surface area contributed by atoms with Crippen LogP contribution in [0.5, 0.6) is 5.75 Å². The molecule has 1 atom stereocenters. The molecule has 0 aromatic heterocycles. The van der Waals surface area contributed by atoms with Crippen LogP contribution in [-0.2, 0) is 20.5 Å². The highest BCUT2D eigenvalue weighted by atomic mass is 16.7. The minimum Gasteiger partial charge on any atom is -0.507 e. The van der Waals surface area contributed by atoms with Crippen molar-refractivity contribution in [2.24, 2.45) is 0 Å². The molecule has 30 heavy (non-hydrogen) atoms. The molecule has 0 aliphatic carbocycles. The first-order valence-corrected chi connectivity index (χ1v) is 11.3. The Hall–Kier alpha value is -1.55. The summed E-state index contributed by atoms with van der Waals surface area (Å²) < 4.78 is 0. The molecular weight excluding hydrogens is 374 g/mol. The molecule has 170 valence electrons. The third kappa shape index (κ3) is 4.69. The van der Waals surface area contributed by atoms with Gasteiger partial charge in [-0.3, -0.25) is 4.79 Å². The van der Waals surface area contributed by atoms with Gasteiger partial charge in [0.15, 0.2) is 0 Å². The largest absolute Gasteiger partial charge is 0.507 e. The summed E-state index contributed by atoms with van der Waals surface area (Å²) in [6.45, 7) is 23.3. The van der Waals surface area contributed by atoms with Gasteiger partial charge >= 0.3 is 5.97 Å². The van der Waals surface area contributed by atoms with Gasteiger partial charge in [-0.1, -0.05) is 60.6 Å². The van der Waals surface area contributed by atoms with Gasteiger partial charge in [0.1, 0.15) is 5.75 Å². The van der Waals surface area contributed by atoms with E-state index in [0.29, 0.717) is 12.2 Å². The van der Waals surface area contributed by atoms with Crippen LogP contribution in [0, 0.1) is 0 Å². The normalized spacial score (nSPS) is 22.0. The van der Waals surface area contributed by atoms with Crippen molar-refractivity contribution < 1.29 is 14.7 Å². The molecular formula is C26H43NO3. The molecule has 0 saturated carbocycles. The van der Waals surface area contributed by atoms with E-state index < -0.39 is 0 Å². The molecule has 4 heteroatoms. The second kappa shape index (κ2) is 7.85. The lowest BCUT2D eigenvalue weighted by atomic mass is 9.68. The fraction of sp³-hybridized carbons (Fsp3) is 0.731. The van der Waals surface area contributed by atoms with E-state index in [4.69, 9.17) is 4.84 Å². The summed E-state index contributed by atoms with van der Waals surface area (Å²) in [4.78, 5) is 18.1. The lowest BCUT2D eigenvalue weighted by Gasteiger charge is -2.54. The lowest BCUT2D eigenvalue weighted by molar-refractivity contribution is -0.270. The Morgan fingerprint density at radius 3 is 1.93 bits per heavy atom. The molecule has 0 bridgehead atoms. The monoisotopic (exact) mass is 417 g/mol. The Balaban J connectivity index is 2.66. The van der Waals surface area contributed by atoms with Gasteiger partial charge in [-0.25, -0.2) is 0 Å². The third-order valence-corrected chi connectivity index (χ3v) is 6.60. The van der Waals surface area contributed by atoms with Crippen LogP contribution in [0.15, 0.2) is 12.1 Å². The standard InChI is InChI=1S/C26H43NO3/c1-12-21(28)30-27-25(8,9)14-13-18(26(27,10)11)17-15-19(23(2,3)4)22(29)20(16-17)24(5,6)7/h15-16,18,29H,12-14H2,1-11H3. The quantitative estimate of drug-likeness (QED) is 0.602. The average molecular weight is 418 g/mol. The van der Waals surface area contributed by atoms with E-state index in [0.717, 1.165) is 24.0 Å². The number of hydrogen-bond acceptors (Lipinski definition) is 4. The highest BCUT2D eigenvalue weighted by Gasteiger charge is 2.50. The summed E-state index contributed by atoms with van der Waals surface area (Å²) in [5.41, 5.74) is 2.19. The number of hydrogen-bond donors (Lipinski definition) is 1. The van der Waals surface area contributed by atoms with Gasteiger partial charge in [0.25, 0.3) is 0 Å². The van der Waals surface area contributed by atoms with Gasteiger partial charge in [-0.2, -0.15) is 0 Å². The molecule has 1 unspecified atom stereocenters. The molecule has 1 fully saturated rings. The highest BCUT2D eigenvalue weighted by Crippen LogP contribution is 2.50. The van der Waals surface area contributed by atoms with Crippen LogP contribution in [0.3, 0.4) is 0 Å². The number of rotatable bonds is 3. The molecule has 1 saturated heterocycles. The number of hydroxylamine groups is 2. The molecule has 4 nitrogen and oxygen atoms in total. The molecule has 1 heterocycles. The van der Waals surface area contributed by atoms with Crippen LogP contribution in [-0.4, -0.2) is 27.2 Å². The van der Waals surface area contributed by atoms with Crippen molar-refractivity contribution in [1.29, 1.82) is 0 Å². The maximum absolute atomic E-state index is 12.2. The molecule has 2 rings (SSSR count). The van der Waals surface area contributed by atoms with Gasteiger partial charge in [0.05, 0.1) is 11.1 Å². The second-order valence-corrected chi connectivity index (χ2v) is 12.1. The first kappa shape index (κ1) is 24.7. The van der Waals surface area contributed by atoms with Crippen molar-refractivity contribution >= 4 is 5.97 Å². The molecule has 1 N–H and O–H groups in total. The summed E-state index contributed by atoms with van der Waals surface area (Å²) in [5.74, 6) is 0.383. The molecule has 0 amide bonds. The Labute approximate surface area is 184 Å². The van der Waals surface area contributed by atoms with E-state index in [-0.39, 0.29) is 33.8 Å². The fourth-order valence-corrected chi connectivity index (χ4v) is 4.86. The number of benzene rings is 1. The first-order valence-electron chi connectivity index (χ1n) is 11.3. The van der Waals surface area contributed by atoms with Crippen molar-refractivity contribution in [3.63, 3.8) is 0 Å². The number of phenolic OH excluding ortho intramolecular Hbond substituents is 1. The Kier molecular flexibility index (Phi) is 6.47. The van der Waals surface area contributed by atoms with E-state index in [1.165, 1.54) is 5.56 Å². The zero-order valence-electron chi connectivity index (χ0n) is 21.1. The minimum atomic E-state index is -0.381. The van der Waals surface area contributed by atoms with Crippen molar-refractivity contribution in [3.05, 3.63) is 28.8 Å². The van der Waals surface area contributed by atoms with Crippen LogP contribution < -0.4 is 0 Å². The Morgan fingerprint density at radius 1 is 1.07 bits per heavy atom. The third-order valence-electron chi connectivity index (χ3n) is 6.60. The zero-order valence-corrected chi connectivity index (χ0v) is 21.1. The number of nitrogens with zero attached hydrogens (tertiary/aromatic N) is 1. The summed E-state index contributed by atoms with van der Waals surface area (Å²) in [6, 6.07) is 4.35. The number of piperidine rings is 1. The van der Waals surface area contributed by atoms with E-state index >= 15 is 0 Å². The predicted molar refractivity (Wildman–Crippen MR) is 124 cm³/mol. The van der Waals surface area contributed by atoms with Gasteiger partial charge < -0.3 is 9.94 Å². The molecule has 1 aromatic carbocycles.